The zero-order valence-electron chi connectivity index (χ0n) is 23.3. The standard InChI is InChI=1S/C32H39ClF3N3/c1-5-7-9-22(3)31(21-37-23(4)38-29-19-25(33)18-26(34)20-29)30(8-6-2)24-10-12-27(13-11-24)39-28-14-16-32(35,36)17-15-28/h8-13,18-21,28,39H,5-7,14-17H2,1-4H3,(H,37,38)/b22-9+,30-8-,31-21+. The van der Waals surface area contributed by atoms with E-state index in [1.165, 1.54) is 12.1 Å². The van der Waals surface area contributed by atoms with Crippen LogP contribution in [0, 0.1) is 5.82 Å². The molecule has 0 radical (unpaired) electrons. The summed E-state index contributed by atoms with van der Waals surface area (Å²) in [6, 6.07) is 12.5. The largest absolute Gasteiger partial charge is 0.382 e. The molecule has 0 aromatic heterocycles. The van der Waals surface area contributed by atoms with Gasteiger partial charge in [-0.3, -0.25) is 0 Å². The van der Waals surface area contributed by atoms with Crippen LogP contribution in [0.15, 0.2) is 77.0 Å². The van der Waals surface area contributed by atoms with Gasteiger partial charge in [-0.1, -0.05) is 56.2 Å². The minimum atomic E-state index is -2.53. The summed E-state index contributed by atoms with van der Waals surface area (Å²) < 4.78 is 40.8. The van der Waals surface area contributed by atoms with E-state index in [0.29, 0.717) is 29.4 Å². The number of allylic oxidation sites excluding steroid dienone is 5. The van der Waals surface area contributed by atoms with Gasteiger partial charge < -0.3 is 10.6 Å². The first kappa shape index (κ1) is 30.6. The molecule has 1 fully saturated rings. The van der Waals surface area contributed by atoms with Gasteiger partial charge in [-0.2, -0.15) is 0 Å². The first-order chi connectivity index (χ1) is 18.6. The number of alkyl halides is 2. The number of rotatable bonds is 10. The Bertz CT molecular complexity index is 1200. The maximum atomic E-state index is 13.8. The van der Waals surface area contributed by atoms with Gasteiger partial charge in [0, 0.05) is 47.1 Å². The van der Waals surface area contributed by atoms with E-state index in [9.17, 15) is 13.2 Å². The molecule has 2 aromatic rings. The number of anilines is 2. The van der Waals surface area contributed by atoms with Crippen LogP contribution in [0.4, 0.5) is 24.5 Å². The molecule has 0 aliphatic heterocycles. The second-order valence-electron chi connectivity index (χ2n) is 10.1. The summed E-state index contributed by atoms with van der Waals surface area (Å²) in [5, 5.41) is 6.85. The fraction of sp³-hybridized carbons (Fsp3) is 0.406. The lowest BCUT2D eigenvalue weighted by atomic mass is 9.91. The lowest BCUT2D eigenvalue weighted by Gasteiger charge is -2.29. The van der Waals surface area contributed by atoms with Crippen LogP contribution >= 0.6 is 11.6 Å². The van der Waals surface area contributed by atoms with Crippen molar-refractivity contribution in [2.45, 2.75) is 84.6 Å². The van der Waals surface area contributed by atoms with E-state index in [1.807, 2.05) is 25.3 Å². The fourth-order valence-corrected chi connectivity index (χ4v) is 4.86. The Hall–Kier alpha value is -2.99. The van der Waals surface area contributed by atoms with Gasteiger partial charge in [-0.25, -0.2) is 18.2 Å². The van der Waals surface area contributed by atoms with E-state index in [0.717, 1.165) is 47.2 Å². The number of hydrogen-bond acceptors (Lipinski definition) is 2. The van der Waals surface area contributed by atoms with Crippen LogP contribution in [0.5, 0.6) is 0 Å². The molecule has 0 saturated heterocycles. The number of unbranched alkanes of at least 4 members (excludes halogenated alkanes) is 1. The van der Waals surface area contributed by atoms with E-state index >= 15 is 0 Å². The summed E-state index contributed by atoms with van der Waals surface area (Å²) in [6.07, 6.45) is 9.89. The van der Waals surface area contributed by atoms with Crippen LogP contribution in [-0.4, -0.2) is 17.8 Å². The Morgan fingerprint density at radius 2 is 1.72 bits per heavy atom. The maximum Gasteiger partial charge on any atom is 0.248 e. The van der Waals surface area contributed by atoms with Gasteiger partial charge in [0.1, 0.15) is 11.7 Å². The van der Waals surface area contributed by atoms with Crippen LogP contribution in [0.1, 0.15) is 78.2 Å². The SMILES string of the molecule is CC\C=C(C(=C/N=C(C)Nc1cc(F)cc(Cl)c1)/C(C)=C/CCC)\c1ccc(NC2CCC(F)(F)CC2)cc1. The van der Waals surface area contributed by atoms with Gasteiger partial charge in [0.2, 0.25) is 5.92 Å². The number of hydrogen-bond donors (Lipinski definition) is 2. The predicted octanol–water partition coefficient (Wildman–Crippen LogP) is 10.4. The summed E-state index contributed by atoms with van der Waals surface area (Å²) >= 11 is 5.99. The quantitative estimate of drug-likeness (QED) is 0.173. The average molecular weight is 558 g/mol. The Labute approximate surface area is 236 Å². The van der Waals surface area contributed by atoms with Crippen molar-refractivity contribution >= 4 is 34.4 Å². The molecule has 2 N–H and O–H groups in total. The second kappa shape index (κ2) is 14.4. The number of amidine groups is 1. The molecule has 0 bridgehead atoms. The van der Waals surface area contributed by atoms with E-state index in [2.05, 4.69) is 60.7 Å². The van der Waals surface area contributed by atoms with Crippen molar-refractivity contribution in [2.75, 3.05) is 10.6 Å². The van der Waals surface area contributed by atoms with Crippen molar-refractivity contribution in [3.05, 3.63) is 88.4 Å². The summed E-state index contributed by atoms with van der Waals surface area (Å²) in [7, 11) is 0. The van der Waals surface area contributed by atoms with Crippen molar-refractivity contribution in [2.24, 2.45) is 4.99 Å². The van der Waals surface area contributed by atoms with E-state index in [1.54, 1.807) is 6.07 Å². The third kappa shape index (κ3) is 9.61. The molecule has 1 aliphatic carbocycles. The number of nitrogens with one attached hydrogen (secondary N) is 2. The molecule has 3 nitrogen and oxygen atoms in total. The Morgan fingerprint density at radius 1 is 1.03 bits per heavy atom. The normalized spacial score (nSPS) is 17.3. The smallest absolute Gasteiger partial charge is 0.248 e. The molecule has 0 heterocycles. The molecule has 0 atom stereocenters. The molecule has 7 heteroatoms. The van der Waals surface area contributed by atoms with Crippen LogP contribution in [0.2, 0.25) is 5.02 Å². The van der Waals surface area contributed by atoms with Gasteiger partial charge in [-0.05, 0) is 86.6 Å². The number of nitrogens with zero attached hydrogens (tertiary/aromatic N) is 1. The fourth-order valence-electron chi connectivity index (χ4n) is 4.64. The third-order valence-corrected chi connectivity index (χ3v) is 6.94. The van der Waals surface area contributed by atoms with Gasteiger partial charge >= 0.3 is 0 Å². The monoisotopic (exact) mass is 557 g/mol. The lowest BCUT2D eigenvalue weighted by Crippen LogP contribution is -2.31. The summed E-state index contributed by atoms with van der Waals surface area (Å²) in [5.41, 5.74) is 5.69. The maximum absolute atomic E-state index is 13.8. The second-order valence-corrected chi connectivity index (χ2v) is 10.5. The molecule has 2 aromatic carbocycles. The summed E-state index contributed by atoms with van der Waals surface area (Å²) in [5.74, 6) is -2.35. The molecular weight excluding hydrogens is 519 g/mol. The van der Waals surface area contributed by atoms with Crippen molar-refractivity contribution in [3.8, 4) is 0 Å². The topological polar surface area (TPSA) is 36.4 Å². The molecule has 0 unspecified atom stereocenters. The summed E-state index contributed by atoms with van der Waals surface area (Å²) in [4.78, 5) is 4.67. The first-order valence-electron chi connectivity index (χ1n) is 13.7. The van der Waals surface area contributed by atoms with E-state index in [4.69, 9.17) is 11.6 Å². The van der Waals surface area contributed by atoms with Gasteiger partial charge in [-0.15, -0.1) is 0 Å². The van der Waals surface area contributed by atoms with Crippen molar-refractivity contribution < 1.29 is 13.2 Å². The molecule has 3 rings (SSSR count). The highest BCUT2D eigenvalue weighted by Gasteiger charge is 2.34. The highest BCUT2D eigenvalue weighted by Crippen LogP contribution is 2.35. The molecular formula is C32H39ClF3N3. The van der Waals surface area contributed by atoms with Crippen LogP contribution < -0.4 is 10.6 Å². The molecule has 39 heavy (non-hydrogen) atoms. The molecule has 1 aliphatic rings. The van der Waals surface area contributed by atoms with E-state index < -0.39 is 11.7 Å². The first-order valence-corrected chi connectivity index (χ1v) is 14.1. The van der Waals surface area contributed by atoms with Gasteiger partial charge in [0.05, 0.1) is 0 Å². The predicted molar refractivity (Wildman–Crippen MR) is 160 cm³/mol. The molecule has 0 amide bonds. The summed E-state index contributed by atoms with van der Waals surface area (Å²) in [6.45, 7) is 8.15. The Balaban J connectivity index is 1.86. The molecule has 0 spiro atoms. The number of halogens is 4. The van der Waals surface area contributed by atoms with Gasteiger partial charge in [0.25, 0.3) is 0 Å². The third-order valence-electron chi connectivity index (χ3n) is 6.72. The zero-order valence-corrected chi connectivity index (χ0v) is 24.0. The lowest BCUT2D eigenvalue weighted by molar-refractivity contribution is -0.0360. The van der Waals surface area contributed by atoms with Gasteiger partial charge in [0.15, 0.2) is 0 Å². The van der Waals surface area contributed by atoms with Crippen LogP contribution in [0.3, 0.4) is 0 Å². The van der Waals surface area contributed by atoms with Crippen LogP contribution in [0.25, 0.3) is 5.57 Å². The molecule has 210 valence electrons. The van der Waals surface area contributed by atoms with E-state index in [-0.39, 0.29) is 18.9 Å². The minimum absolute atomic E-state index is 0.0635. The highest BCUT2D eigenvalue weighted by atomic mass is 35.5. The average Bonchev–Trinajstić information content (AvgIpc) is 2.88. The Kier molecular flexibility index (Phi) is 11.3. The van der Waals surface area contributed by atoms with Crippen molar-refractivity contribution in [1.82, 2.24) is 0 Å². The number of benzene rings is 2. The number of aliphatic imine (C=N–C) groups is 1. The Morgan fingerprint density at radius 3 is 2.33 bits per heavy atom. The molecule has 1 saturated carbocycles. The highest BCUT2D eigenvalue weighted by molar-refractivity contribution is 6.30. The minimum Gasteiger partial charge on any atom is -0.382 e. The van der Waals surface area contributed by atoms with Crippen LogP contribution in [-0.2, 0) is 0 Å². The van der Waals surface area contributed by atoms with Crippen molar-refractivity contribution in [3.63, 3.8) is 0 Å². The zero-order chi connectivity index (χ0) is 28.4. The van der Waals surface area contributed by atoms with Crippen molar-refractivity contribution in [1.29, 1.82) is 0 Å².